The molecule has 0 saturated carbocycles. The lowest BCUT2D eigenvalue weighted by Crippen LogP contribution is -2.25. The van der Waals surface area contributed by atoms with Crippen molar-refractivity contribution in [1.29, 1.82) is 0 Å². The van der Waals surface area contributed by atoms with Gasteiger partial charge in [0.15, 0.2) is 0 Å². The number of nitrogens with one attached hydrogen (secondary N) is 1. The van der Waals surface area contributed by atoms with Crippen LogP contribution in [-0.4, -0.2) is 24.7 Å². The highest BCUT2D eigenvalue weighted by Crippen LogP contribution is 2.15. The number of pyridine rings is 1. The summed E-state index contributed by atoms with van der Waals surface area (Å²) in [5.74, 6) is 0. The van der Waals surface area contributed by atoms with Crippen LogP contribution < -0.4 is 5.32 Å². The van der Waals surface area contributed by atoms with Crippen LogP contribution >= 0.6 is 0 Å². The van der Waals surface area contributed by atoms with Crippen molar-refractivity contribution in [1.82, 2.24) is 10.3 Å². The maximum absolute atomic E-state index is 5.65. The summed E-state index contributed by atoms with van der Waals surface area (Å²) in [4.78, 5) is 4.40. The van der Waals surface area contributed by atoms with Crippen molar-refractivity contribution < 1.29 is 4.74 Å². The Bertz CT molecular complexity index is 319. The summed E-state index contributed by atoms with van der Waals surface area (Å²) in [7, 11) is 0. The van der Waals surface area contributed by atoms with E-state index in [1.165, 1.54) is 5.56 Å². The normalized spacial score (nSPS) is 12.7. The van der Waals surface area contributed by atoms with E-state index in [-0.39, 0.29) is 6.04 Å². The van der Waals surface area contributed by atoms with Gasteiger partial charge in [0.25, 0.3) is 0 Å². The summed E-state index contributed by atoms with van der Waals surface area (Å²) < 4.78 is 5.65. The molecule has 1 unspecified atom stereocenters. The van der Waals surface area contributed by atoms with E-state index in [0.717, 1.165) is 37.6 Å². The molecule has 0 saturated heterocycles. The molecule has 96 valence electrons. The van der Waals surface area contributed by atoms with Crippen LogP contribution in [0.1, 0.15) is 43.3 Å². The maximum Gasteiger partial charge on any atom is 0.0661 e. The third-order valence-corrected chi connectivity index (χ3v) is 2.59. The number of aromatic nitrogens is 1. The van der Waals surface area contributed by atoms with Crippen molar-refractivity contribution in [2.45, 2.75) is 40.2 Å². The second kappa shape index (κ2) is 7.41. The molecule has 0 radical (unpaired) electrons. The number of aryl methyl sites for hydroxylation is 2. The van der Waals surface area contributed by atoms with Crippen molar-refractivity contribution >= 4 is 0 Å². The first-order valence-corrected chi connectivity index (χ1v) is 6.43. The van der Waals surface area contributed by atoms with E-state index >= 15 is 0 Å². The van der Waals surface area contributed by atoms with Gasteiger partial charge in [0, 0.05) is 18.0 Å². The zero-order chi connectivity index (χ0) is 12.7. The number of rotatable bonds is 7. The minimum Gasteiger partial charge on any atom is -0.379 e. The summed E-state index contributed by atoms with van der Waals surface area (Å²) >= 11 is 0. The average molecular weight is 236 g/mol. The molecule has 0 aromatic carbocycles. The van der Waals surface area contributed by atoms with Gasteiger partial charge in [-0.3, -0.25) is 4.98 Å². The minimum absolute atomic E-state index is 0.270. The molecular weight excluding hydrogens is 212 g/mol. The Balaban J connectivity index is 2.73. The van der Waals surface area contributed by atoms with Crippen LogP contribution in [0.5, 0.6) is 0 Å². The highest BCUT2D eigenvalue weighted by molar-refractivity contribution is 5.23. The zero-order valence-electron chi connectivity index (χ0n) is 11.4. The van der Waals surface area contributed by atoms with Crippen molar-refractivity contribution in [3.05, 3.63) is 29.1 Å². The molecule has 3 heteroatoms. The van der Waals surface area contributed by atoms with Gasteiger partial charge in [-0.15, -0.1) is 0 Å². The molecule has 3 nitrogen and oxygen atoms in total. The highest BCUT2D eigenvalue weighted by Gasteiger charge is 2.11. The fraction of sp³-hybridized carbons (Fsp3) is 0.643. The topological polar surface area (TPSA) is 34.1 Å². The quantitative estimate of drug-likeness (QED) is 0.739. The van der Waals surface area contributed by atoms with Crippen LogP contribution in [0.3, 0.4) is 0 Å². The van der Waals surface area contributed by atoms with E-state index in [4.69, 9.17) is 4.74 Å². The molecule has 0 spiro atoms. The first kappa shape index (κ1) is 14.1. The van der Waals surface area contributed by atoms with Gasteiger partial charge >= 0.3 is 0 Å². The van der Waals surface area contributed by atoms with E-state index in [9.17, 15) is 0 Å². The van der Waals surface area contributed by atoms with Crippen molar-refractivity contribution in [3.63, 3.8) is 0 Å². The van der Waals surface area contributed by atoms with Crippen molar-refractivity contribution in [2.75, 3.05) is 19.8 Å². The van der Waals surface area contributed by atoms with Crippen LogP contribution in [0, 0.1) is 13.8 Å². The molecule has 0 aliphatic heterocycles. The second-order valence-electron chi connectivity index (χ2n) is 4.37. The summed E-state index contributed by atoms with van der Waals surface area (Å²) in [6, 6.07) is 4.54. The molecule has 0 bridgehead atoms. The van der Waals surface area contributed by atoms with E-state index < -0.39 is 0 Å². The highest BCUT2D eigenvalue weighted by atomic mass is 16.5. The predicted molar refractivity (Wildman–Crippen MR) is 71.2 cm³/mol. The first-order valence-electron chi connectivity index (χ1n) is 6.43. The van der Waals surface area contributed by atoms with Crippen molar-refractivity contribution in [2.24, 2.45) is 0 Å². The van der Waals surface area contributed by atoms with Crippen LogP contribution in [-0.2, 0) is 4.74 Å². The largest absolute Gasteiger partial charge is 0.379 e. The minimum atomic E-state index is 0.270. The monoisotopic (exact) mass is 236 g/mol. The molecule has 0 aliphatic carbocycles. The standard InChI is InChI=1S/C14H24N2O/c1-5-7-17-10-14(15-6-2)13-8-11(3)16-12(4)9-13/h8-9,14-15H,5-7,10H2,1-4H3. The van der Waals surface area contributed by atoms with E-state index in [1.54, 1.807) is 0 Å². The molecule has 17 heavy (non-hydrogen) atoms. The van der Waals surface area contributed by atoms with Crippen LogP contribution in [0.4, 0.5) is 0 Å². The Kier molecular flexibility index (Phi) is 6.16. The van der Waals surface area contributed by atoms with Crippen molar-refractivity contribution in [3.8, 4) is 0 Å². The van der Waals surface area contributed by atoms with Gasteiger partial charge in [-0.05, 0) is 44.5 Å². The Morgan fingerprint density at radius 1 is 1.24 bits per heavy atom. The molecule has 0 fully saturated rings. The molecule has 1 rings (SSSR count). The van der Waals surface area contributed by atoms with Gasteiger partial charge in [-0.25, -0.2) is 0 Å². The van der Waals surface area contributed by atoms with Gasteiger partial charge < -0.3 is 10.1 Å². The number of likely N-dealkylation sites (N-methyl/N-ethyl adjacent to an activating group) is 1. The van der Waals surface area contributed by atoms with E-state index in [2.05, 4.69) is 36.3 Å². The Hall–Kier alpha value is -0.930. The first-order chi connectivity index (χ1) is 8.17. The lowest BCUT2D eigenvalue weighted by molar-refractivity contribution is 0.112. The molecule has 0 amide bonds. The van der Waals surface area contributed by atoms with Gasteiger partial charge in [0.05, 0.1) is 12.6 Å². The fourth-order valence-electron chi connectivity index (χ4n) is 1.93. The van der Waals surface area contributed by atoms with Gasteiger partial charge in [0.2, 0.25) is 0 Å². The lowest BCUT2D eigenvalue weighted by atomic mass is 10.1. The molecule has 0 aliphatic rings. The maximum atomic E-state index is 5.65. The summed E-state index contributed by atoms with van der Waals surface area (Å²) in [5, 5.41) is 3.46. The lowest BCUT2D eigenvalue weighted by Gasteiger charge is -2.19. The van der Waals surface area contributed by atoms with Crippen LogP contribution in [0.15, 0.2) is 12.1 Å². The van der Waals surface area contributed by atoms with Gasteiger partial charge in [0.1, 0.15) is 0 Å². The second-order valence-corrected chi connectivity index (χ2v) is 4.37. The molecule has 1 aromatic rings. The van der Waals surface area contributed by atoms with E-state index in [0.29, 0.717) is 0 Å². The molecular formula is C14H24N2O. The Morgan fingerprint density at radius 3 is 2.41 bits per heavy atom. The number of hydrogen-bond acceptors (Lipinski definition) is 3. The summed E-state index contributed by atoms with van der Waals surface area (Å²) in [5.41, 5.74) is 3.41. The Morgan fingerprint density at radius 2 is 1.88 bits per heavy atom. The zero-order valence-corrected chi connectivity index (χ0v) is 11.4. The van der Waals surface area contributed by atoms with Crippen LogP contribution in [0.25, 0.3) is 0 Å². The van der Waals surface area contributed by atoms with E-state index in [1.807, 2.05) is 13.8 Å². The van der Waals surface area contributed by atoms with Gasteiger partial charge in [-0.1, -0.05) is 13.8 Å². The number of nitrogens with zero attached hydrogens (tertiary/aromatic N) is 1. The predicted octanol–water partition coefficient (Wildman–Crippen LogP) is 2.78. The summed E-state index contributed by atoms with van der Waals surface area (Å²) in [6.45, 7) is 10.8. The fourth-order valence-corrected chi connectivity index (χ4v) is 1.93. The third-order valence-electron chi connectivity index (χ3n) is 2.59. The average Bonchev–Trinajstić information content (AvgIpc) is 2.27. The molecule has 1 aromatic heterocycles. The molecule has 1 N–H and O–H groups in total. The Labute approximate surface area is 105 Å². The van der Waals surface area contributed by atoms with Gasteiger partial charge in [-0.2, -0.15) is 0 Å². The molecule has 1 atom stereocenters. The smallest absolute Gasteiger partial charge is 0.0661 e. The number of ether oxygens (including phenoxy) is 1. The van der Waals surface area contributed by atoms with Crippen LogP contribution in [0.2, 0.25) is 0 Å². The SMILES string of the molecule is CCCOCC(NCC)c1cc(C)nc(C)c1. The molecule has 1 heterocycles. The summed E-state index contributed by atoms with van der Waals surface area (Å²) in [6.07, 6.45) is 1.06. The number of hydrogen-bond donors (Lipinski definition) is 1. The third kappa shape index (κ3) is 4.84.